The van der Waals surface area contributed by atoms with Gasteiger partial charge in [0.25, 0.3) is 15.9 Å². The molecule has 1 aliphatic heterocycles. The van der Waals surface area contributed by atoms with Gasteiger partial charge in [-0.1, -0.05) is 17.7 Å². The fourth-order valence-electron chi connectivity index (χ4n) is 3.88. The van der Waals surface area contributed by atoms with Gasteiger partial charge in [-0.25, -0.2) is 18.4 Å². The number of nitrogens with zero attached hydrogens (tertiary/aromatic N) is 5. The SMILES string of the molecule is Cc1cnccc1-c1cnc(C(=O)N2CCN(S(=O)(=O)c3cc4ccc(Cl)cc4s3)CC2)nc1. The minimum absolute atomic E-state index is 0.0909. The van der Waals surface area contributed by atoms with Gasteiger partial charge in [0.2, 0.25) is 5.82 Å². The molecule has 3 aromatic heterocycles. The van der Waals surface area contributed by atoms with Gasteiger partial charge < -0.3 is 4.90 Å². The van der Waals surface area contributed by atoms with Gasteiger partial charge >= 0.3 is 0 Å². The van der Waals surface area contributed by atoms with Crippen LogP contribution in [0.5, 0.6) is 0 Å². The molecule has 1 aromatic carbocycles. The number of benzene rings is 1. The maximum atomic E-state index is 13.2. The molecule has 174 valence electrons. The lowest BCUT2D eigenvalue weighted by atomic mass is 10.1. The summed E-state index contributed by atoms with van der Waals surface area (Å²) in [5, 5.41) is 1.40. The summed E-state index contributed by atoms with van der Waals surface area (Å²) in [4.78, 5) is 27.1. The minimum Gasteiger partial charge on any atom is -0.333 e. The zero-order chi connectivity index (χ0) is 23.9. The van der Waals surface area contributed by atoms with E-state index in [2.05, 4.69) is 15.0 Å². The number of fused-ring (bicyclic) bond motifs is 1. The number of piperazine rings is 1. The van der Waals surface area contributed by atoms with E-state index in [1.807, 2.05) is 19.1 Å². The molecule has 0 aliphatic carbocycles. The second-order valence-corrected chi connectivity index (χ2v) is 11.6. The number of rotatable bonds is 4. The predicted octanol–water partition coefficient (Wildman–Crippen LogP) is 3.86. The van der Waals surface area contributed by atoms with Crippen molar-refractivity contribution in [1.82, 2.24) is 24.2 Å². The first kappa shape index (κ1) is 22.9. The molecule has 0 N–H and O–H groups in total. The molecule has 34 heavy (non-hydrogen) atoms. The van der Waals surface area contributed by atoms with E-state index in [0.29, 0.717) is 5.02 Å². The Balaban J connectivity index is 1.27. The minimum atomic E-state index is -3.66. The number of thiophene rings is 1. The van der Waals surface area contributed by atoms with Crippen molar-refractivity contribution in [2.45, 2.75) is 11.1 Å². The van der Waals surface area contributed by atoms with Crippen molar-refractivity contribution in [2.24, 2.45) is 0 Å². The number of pyridine rings is 1. The number of aromatic nitrogens is 3. The van der Waals surface area contributed by atoms with Crippen molar-refractivity contribution in [3.05, 3.63) is 71.5 Å². The lowest BCUT2D eigenvalue weighted by Crippen LogP contribution is -2.50. The standard InChI is InChI=1S/C23H20ClN5O3S2/c1-15-12-25-5-4-19(15)17-13-26-22(27-14-17)23(30)28-6-8-29(9-7-28)34(31,32)21-10-16-2-3-18(24)11-20(16)33-21/h2-5,10-14H,6-9H2,1H3. The summed E-state index contributed by atoms with van der Waals surface area (Å²) in [5.41, 5.74) is 2.75. The maximum absolute atomic E-state index is 13.2. The highest BCUT2D eigenvalue weighted by Crippen LogP contribution is 2.33. The zero-order valence-electron chi connectivity index (χ0n) is 18.2. The highest BCUT2D eigenvalue weighted by molar-refractivity contribution is 7.91. The van der Waals surface area contributed by atoms with Gasteiger partial charge in [-0.3, -0.25) is 9.78 Å². The number of carbonyl (C=O) groups excluding carboxylic acids is 1. The predicted molar refractivity (Wildman–Crippen MR) is 131 cm³/mol. The van der Waals surface area contributed by atoms with Crippen LogP contribution in [0.15, 0.2) is 59.3 Å². The van der Waals surface area contributed by atoms with Crippen LogP contribution in [0.25, 0.3) is 21.2 Å². The second-order valence-electron chi connectivity index (χ2n) is 7.93. The number of hydrogen-bond donors (Lipinski definition) is 0. The van der Waals surface area contributed by atoms with E-state index in [1.165, 1.54) is 15.6 Å². The fraction of sp³-hybridized carbons (Fsp3) is 0.217. The van der Waals surface area contributed by atoms with E-state index in [4.69, 9.17) is 11.6 Å². The maximum Gasteiger partial charge on any atom is 0.291 e. The number of sulfonamides is 1. The van der Waals surface area contributed by atoms with Crippen LogP contribution >= 0.6 is 22.9 Å². The first-order valence-corrected chi connectivity index (χ1v) is 13.2. The molecule has 4 heterocycles. The Kier molecular flexibility index (Phi) is 6.07. The van der Waals surface area contributed by atoms with Crippen LogP contribution in [0.1, 0.15) is 16.2 Å². The Morgan fingerprint density at radius 3 is 2.47 bits per heavy atom. The molecule has 0 bridgehead atoms. The Bertz CT molecular complexity index is 1480. The smallest absolute Gasteiger partial charge is 0.291 e. The molecule has 11 heteroatoms. The van der Waals surface area contributed by atoms with Crippen molar-refractivity contribution in [3.63, 3.8) is 0 Å². The third-order valence-corrected chi connectivity index (χ3v) is 9.43. The average Bonchev–Trinajstić information content (AvgIpc) is 3.28. The molecule has 5 rings (SSSR count). The van der Waals surface area contributed by atoms with Gasteiger partial charge in [0, 0.05) is 66.3 Å². The largest absolute Gasteiger partial charge is 0.333 e. The van der Waals surface area contributed by atoms with Crippen molar-refractivity contribution >= 4 is 49.0 Å². The van der Waals surface area contributed by atoms with E-state index in [9.17, 15) is 13.2 Å². The van der Waals surface area contributed by atoms with Gasteiger partial charge in [0.1, 0.15) is 4.21 Å². The van der Waals surface area contributed by atoms with Crippen LogP contribution in [0, 0.1) is 6.92 Å². The number of amides is 1. The molecule has 1 saturated heterocycles. The molecule has 4 aromatic rings. The van der Waals surface area contributed by atoms with Crippen LogP contribution in [0.4, 0.5) is 0 Å². The second kappa shape index (κ2) is 9.03. The Morgan fingerprint density at radius 2 is 1.76 bits per heavy atom. The van der Waals surface area contributed by atoms with E-state index in [0.717, 1.165) is 26.8 Å². The molecule has 8 nitrogen and oxygen atoms in total. The average molecular weight is 514 g/mol. The molecular formula is C23H20ClN5O3S2. The number of aryl methyl sites for hydroxylation is 1. The van der Waals surface area contributed by atoms with Crippen molar-refractivity contribution < 1.29 is 13.2 Å². The Morgan fingerprint density at radius 1 is 1.03 bits per heavy atom. The quantitative estimate of drug-likeness (QED) is 0.411. The summed E-state index contributed by atoms with van der Waals surface area (Å²) in [6.07, 6.45) is 6.70. The van der Waals surface area contributed by atoms with Crippen LogP contribution < -0.4 is 0 Å². The summed E-state index contributed by atoms with van der Waals surface area (Å²) >= 11 is 7.23. The molecule has 0 atom stereocenters. The fourth-order valence-corrected chi connectivity index (χ4v) is 7.13. The van der Waals surface area contributed by atoms with Crippen LogP contribution in [-0.2, 0) is 10.0 Å². The van der Waals surface area contributed by atoms with E-state index < -0.39 is 10.0 Å². The summed E-state index contributed by atoms with van der Waals surface area (Å²) in [5.74, 6) is -0.222. The van der Waals surface area contributed by atoms with Crippen molar-refractivity contribution in [1.29, 1.82) is 0 Å². The van der Waals surface area contributed by atoms with Gasteiger partial charge in [0.05, 0.1) is 0 Å². The summed E-state index contributed by atoms with van der Waals surface area (Å²) in [7, 11) is -3.66. The van der Waals surface area contributed by atoms with Crippen LogP contribution in [-0.4, -0.2) is 64.7 Å². The van der Waals surface area contributed by atoms with E-state index in [1.54, 1.807) is 47.9 Å². The highest BCUT2D eigenvalue weighted by atomic mass is 35.5. The number of hydrogen-bond acceptors (Lipinski definition) is 7. The van der Waals surface area contributed by atoms with E-state index >= 15 is 0 Å². The molecular weight excluding hydrogens is 494 g/mol. The van der Waals surface area contributed by atoms with Gasteiger partial charge in [-0.05, 0) is 47.7 Å². The Labute approximate surface area is 205 Å². The summed E-state index contributed by atoms with van der Waals surface area (Å²) in [6.45, 7) is 2.89. The third kappa shape index (κ3) is 4.29. The number of halogens is 1. The lowest BCUT2D eigenvalue weighted by Gasteiger charge is -2.33. The van der Waals surface area contributed by atoms with Gasteiger partial charge in [-0.2, -0.15) is 4.31 Å². The van der Waals surface area contributed by atoms with Crippen LogP contribution in [0.3, 0.4) is 0 Å². The Hall–Kier alpha value is -2.92. The zero-order valence-corrected chi connectivity index (χ0v) is 20.6. The van der Waals surface area contributed by atoms with Crippen molar-refractivity contribution in [2.75, 3.05) is 26.2 Å². The highest BCUT2D eigenvalue weighted by Gasteiger charge is 2.32. The molecule has 0 radical (unpaired) electrons. The van der Waals surface area contributed by atoms with E-state index in [-0.39, 0.29) is 42.1 Å². The first-order chi connectivity index (χ1) is 16.3. The van der Waals surface area contributed by atoms with Crippen molar-refractivity contribution in [3.8, 4) is 11.1 Å². The normalized spacial score (nSPS) is 15.1. The third-order valence-electron chi connectivity index (χ3n) is 5.75. The molecule has 0 spiro atoms. The molecule has 0 saturated carbocycles. The van der Waals surface area contributed by atoms with Gasteiger partial charge in [-0.15, -0.1) is 11.3 Å². The topological polar surface area (TPSA) is 96.4 Å². The summed E-state index contributed by atoms with van der Waals surface area (Å²) < 4.78 is 28.8. The van der Waals surface area contributed by atoms with Gasteiger partial charge in [0.15, 0.2) is 0 Å². The lowest BCUT2D eigenvalue weighted by molar-refractivity contribution is 0.0685. The summed E-state index contributed by atoms with van der Waals surface area (Å²) in [6, 6.07) is 8.86. The molecule has 1 fully saturated rings. The van der Waals surface area contributed by atoms with Crippen LogP contribution in [0.2, 0.25) is 5.02 Å². The molecule has 0 unspecified atom stereocenters. The monoisotopic (exact) mass is 513 g/mol. The molecule has 1 aliphatic rings. The molecule has 1 amide bonds. The number of carbonyl (C=O) groups is 1. The first-order valence-electron chi connectivity index (χ1n) is 10.5.